The van der Waals surface area contributed by atoms with E-state index >= 15 is 0 Å². The fourth-order valence-corrected chi connectivity index (χ4v) is 4.66. The van der Waals surface area contributed by atoms with Crippen LogP contribution >= 0.6 is 0 Å². The molecule has 1 aromatic carbocycles. The first-order chi connectivity index (χ1) is 15.1. The maximum atomic E-state index is 10.1. The molecule has 0 unspecified atom stereocenters. The summed E-state index contributed by atoms with van der Waals surface area (Å²) in [5, 5.41) is 22.7. The van der Waals surface area contributed by atoms with Crippen LogP contribution < -0.4 is 15.5 Å². The Morgan fingerprint density at radius 1 is 1.10 bits per heavy atom. The summed E-state index contributed by atoms with van der Waals surface area (Å²) in [5.74, 6) is 2.59. The molecule has 8 nitrogen and oxygen atoms in total. The highest BCUT2D eigenvalue weighted by atomic mass is 16.3. The van der Waals surface area contributed by atoms with Crippen LogP contribution in [0.2, 0.25) is 0 Å². The minimum atomic E-state index is 0.200. The van der Waals surface area contributed by atoms with E-state index in [1.165, 1.54) is 6.42 Å². The van der Waals surface area contributed by atoms with Crippen molar-refractivity contribution in [1.29, 1.82) is 0 Å². The topological polar surface area (TPSA) is 91.1 Å². The van der Waals surface area contributed by atoms with E-state index in [4.69, 9.17) is 5.10 Å². The van der Waals surface area contributed by atoms with Crippen LogP contribution in [0.4, 0.5) is 17.5 Å². The molecule has 0 radical (unpaired) electrons. The lowest BCUT2D eigenvalue weighted by Gasteiger charge is -2.28. The normalized spacial score (nSPS) is 20.0. The van der Waals surface area contributed by atoms with E-state index in [9.17, 15) is 5.11 Å². The third-order valence-electron chi connectivity index (χ3n) is 6.15. The zero-order chi connectivity index (χ0) is 20.9. The van der Waals surface area contributed by atoms with E-state index in [2.05, 4.69) is 31.6 Å². The fourth-order valence-electron chi connectivity index (χ4n) is 4.66. The van der Waals surface area contributed by atoms with Crippen molar-refractivity contribution in [1.82, 2.24) is 25.1 Å². The third-order valence-corrected chi connectivity index (χ3v) is 6.15. The lowest BCUT2D eigenvalue weighted by atomic mass is 10.2. The van der Waals surface area contributed by atoms with Crippen LogP contribution in [-0.2, 0) is 0 Å². The number of phenolic OH excluding ortho intramolecular Hbond substituents is 1. The summed E-state index contributed by atoms with van der Waals surface area (Å²) in [6, 6.07) is 14.3. The minimum Gasteiger partial charge on any atom is -0.508 e. The van der Waals surface area contributed by atoms with Crippen molar-refractivity contribution >= 4 is 28.4 Å². The van der Waals surface area contributed by atoms with Gasteiger partial charge >= 0.3 is 0 Å². The molecule has 2 bridgehead atoms. The van der Waals surface area contributed by atoms with E-state index in [0.29, 0.717) is 17.9 Å². The smallest absolute Gasteiger partial charge is 0.161 e. The van der Waals surface area contributed by atoms with Gasteiger partial charge in [0.2, 0.25) is 0 Å². The molecule has 2 aliphatic heterocycles. The molecule has 156 valence electrons. The Balaban J connectivity index is 1.43. The second-order valence-corrected chi connectivity index (χ2v) is 8.32. The van der Waals surface area contributed by atoms with Gasteiger partial charge in [-0.25, -0.2) is 14.6 Å². The number of rotatable bonds is 4. The Morgan fingerprint density at radius 3 is 2.81 bits per heavy atom. The molecule has 0 spiro atoms. The number of aromatic hydroxyl groups is 1. The molecular weight excluding hydrogens is 390 g/mol. The summed E-state index contributed by atoms with van der Waals surface area (Å²) in [4.78, 5) is 11.4. The first-order valence-corrected chi connectivity index (χ1v) is 10.5. The minimum absolute atomic E-state index is 0.200. The first-order valence-electron chi connectivity index (χ1n) is 10.5. The van der Waals surface area contributed by atoms with Crippen LogP contribution in [0.5, 0.6) is 5.75 Å². The SMILES string of the molecule is Cc1ccnc(Nc2nn(-c3ccnc(N4C[C@@H]5C[C@H]4CN5)c3)c3cc(O)ccc23)c1. The lowest BCUT2D eigenvalue weighted by Crippen LogP contribution is -2.44. The van der Waals surface area contributed by atoms with Gasteiger partial charge in [0.05, 0.1) is 11.2 Å². The lowest BCUT2D eigenvalue weighted by molar-refractivity contribution is 0.476. The van der Waals surface area contributed by atoms with Crippen molar-refractivity contribution in [2.24, 2.45) is 0 Å². The number of nitrogens with zero attached hydrogens (tertiary/aromatic N) is 5. The van der Waals surface area contributed by atoms with Crippen LogP contribution in [-0.4, -0.2) is 50.0 Å². The van der Waals surface area contributed by atoms with Crippen molar-refractivity contribution in [3.63, 3.8) is 0 Å². The Bertz CT molecular complexity index is 1280. The molecule has 6 rings (SSSR count). The van der Waals surface area contributed by atoms with Gasteiger partial charge in [-0.05, 0) is 49.2 Å². The molecule has 2 atom stereocenters. The number of anilines is 3. The van der Waals surface area contributed by atoms with Gasteiger partial charge in [-0.2, -0.15) is 0 Å². The van der Waals surface area contributed by atoms with Gasteiger partial charge in [0, 0.05) is 55.1 Å². The molecule has 4 aromatic rings. The zero-order valence-corrected chi connectivity index (χ0v) is 17.2. The average molecular weight is 413 g/mol. The van der Waals surface area contributed by atoms with Gasteiger partial charge in [0.1, 0.15) is 17.4 Å². The van der Waals surface area contributed by atoms with Gasteiger partial charge < -0.3 is 20.6 Å². The van der Waals surface area contributed by atoms with E-state index in [0.717, 1.165) is 46.9 Å². The molecule has 8 heteroatoms. The number of benzene rings is 1. The third kappa shape index (κ3) is 3.16. The quantitative estimate of drug-likeness (QED) is 0.473. The second-order valence-electron chi connectivity index (χ2n) is 8.32. The molecular formula is C23H23N7O. The maximum absolute atomic E-state index is 10.1. The molecule has 2 aliphatic rings. The highest BCUT2D eigenvalue weighted by Gasteiger charge is 2.38. The van der Waals surface area contributed by atoms with Crippen LogP contribution in [0, 0.1) is 6.92 Å². The van der Waals surface area contributed by atoms with Gasteiger partial charge in [0.15, 0.2) is 5.82 Å². The Hall–Kier alpha value is -3.65. The summed E-state index contributed by atoms with van der Waals surface area (Å²) in [5.41, 5.74) is 2.84. The molecule has 0 saturated carbocycles. The second kappa shape index (κ2) is 6.95. The Morgan fingerprint density at radius 2 is 2.00 bits per heavy atom. The number of phenols is 1. The molecule has 0 aliphatic carbocycles. The predicted molar refractivity (Wildman–Crippen MR) is 120 cm³/mol. The molecule has 2 saturated heterocycles. The first kappa shape index (κ1) is 18.1. The highest BCUT2D eigenvalue weighted by Crippen LogP contribution is 2.33. The number of aromatic nitrogens is 4. The largest absolute Gasteiger partial charge is 0.508 e. The predicted octanol–water partition coefficient (Wildman–Crippen LogP) is 3.12. The van der Waals surface area contributed by atoms with Gasteiger partial charge in [-0.15, -0.1) is 5.10 Å². The molecule has 2 fully saturated rings. The molecule has 3 aromatic heterocycles. The summed E-state index contributed by atoms with van der Waals surface area (Å²) in [6.07, 6.45) is 4.77. The van der Waals surface area contributed by atoms with Crippen LogP contribution in [0.25, 0.3) is 16.6 Å². The number of fused-ring (bicyclic) bond motifs is 3. The standard InChI is InChI=1S/C23H23N7O/c1-14-4-6-24-21(8-14)27-23-19-3-2-18(31)11-20(19)30(28-23)16-5-7-25-22(10-16)29-13-15-9-17(29)12-26-15/h2-8,10-11,15,17,26,31H,9,12-13H2,1H3,(H,24,27,28)/t15-,17-/m0/s1. The average Bonchev–Trinajstić information content (AvgIpc) is 3.49. The van der Waals surface area contributed by atoms with Crippen LogP contribution in [0.3, 0.4) is 0 Å². The Kier molecular flexibility index (Phi) is 4.07. The number of nitrogens with one attached hydrogen (secondary N) is 2. The Labute approximate surface area is 179 Å². The molecule has 3 N–H and O–H groups in total. The molecule has 0 amide bonds. The maximum Gasteiger partial charge on any atom is 0.161 e. The van der Waals surface area contributed by atoms with Gasteiger partial charge in [-0.3, -0.25) is 0 Å². The summed E-state index contributed by atoms with van der Waals surface area (Å²) < 4.78 is 1.85. The number of piperazine rings is 1. The van der Waals surface area contributed by atoms with Crippen molar-refractivity contribution in [3.8, 4) is 11.4 Å². The van der Waals surface area contributed by atoms with Crippen molar-refractivity contribution in [2.45, 2.75) is 25.4 Å². The highest BCUT2D eigenvalue weighted by molar-refractivity contribution is 5.93. The van der Waals surface area contributed by atoms with E-state index < -0.39 is 0 Å². The van der Waals surface area contributed by atoms with Crippen molar-refractivity contribution in [2.75, 3.05) is 23.3 Å². The van der Waals surface area contributed by atoms with Crippen LogP contribution in [0.1, 0.15) is 12.0 Å². The number of aryl methyl sites for hydroxylation is 1. The zero-order valence-electron chi connectivity index (χ0n) is 17.2. The number of hydrogen-bond acceptors (Lipinski definition) is 7. The summed E-state index contributed by atoms with van der Waals surface area (Å²) in [6.45, 7) is 4.01. The van der Waals surface area contributed by atoms with Crippen LogP contribution in [0.15, 0.2) is 54.9 Å². The van der Waals surface area contributed by atoms with E-state index in [1.54, 1.807) is 18.3 Å². The summed E-state index contributed by atoms with van der Waals surface area (Å²) >= 11 is 0. The van der Waals surface area contributed by atoms with E-state index in [-0.39, 0.29) is 5.75 Å². The summed E-state index contributed by atoms with van der Waals surface area (Å²) in [7, 11) is 0. The molecule has 31 heavy (non-hydrogen) atoms. The number of pyridine rings is 2. The monoisotopic (exact) mass is 413 g/mol. The molecule has 5 heterocycles. The van der Waals surface area contributed by atoms with Gasteiger partial charge in [-0.1, -0.05) is 0 Å². The van der Waals surface area contributed by atoms with Gasteiger partial charge in [0.25, 0.3) is 0 Å². The fraction of sp³-hybridized carbons (Fsp3) is 0.261. The van der Waals surface area contributed by atoms with Crippen molar-refractivity contribution < 1.29 is 5.11 Å². The number of hydrogen-bond donors (Lipinski definition) is 3. The van der Waals surface area contributed by atoms with E-state index in [1.807, 2.05) is 42.1 Å². The van der Waals surface area contributed by atoms with Crippen molar-refractivity contribution in [3.05, 3.63) is 60.4 Å².